The van der Waals surface area contributed by atoms with Gasteiger partial charge in [-0.15, -0.1) is 0 Å². The van der Waals surface area contributed by atoms with Gasteiger partial charge in [-0.3, -0.25) is 14.5 Å². The topological polar surface area (TPSA) is 70.1 Å². The van der Waals surface area contributed by atoms with Crippen LogP contribution in [0.4, 0.5) is 4.79 Å². The zero-order chi connectivity index (χ0) is 18.5. The number of nitrogens with zero attached hydrogens (tertiary/aromatic N) is 2. The SMILES string of the molecule is CCCCN(C(=O)O)[C@@H](Cc1ccccc1)C(=O)N1OC2C=CC1CC2. The highest BCUT2D eigenvalue weighted by Crippen LogP contribution is 2.29. The van der Waals surface area contributed by atoms with Crippen molar-refractivity contribution in [3.05, 3.63) is 48.0 Å². The summed E-state index contributed by atoms with van der Waals surface area (Å²) in [5, 5.41) is 11.1. The highest BCUT2D eigenvalue weighted by Gasteiger charge is 2.40. The van der Waals surface area contributed by atoms with Gasteiger partial charge in [0.05, 0.1) is 6.04 Å². The van der Waals surface area contributed by atoms with Crippen LogP contribution >= 0.6 is 0 Å². The molecule has 3 atom stereocenters. The summed E-state index contributed by atoms with van der Waals surface area (Å²) in [4.78, 5) is 32.2. The number of hydrogen-bond acceptors (Lipinski definition) is 3. The summed E-state index contributed by atoms with van der Waals surface area (Å²) in [6, 6.07) is 8.66. The third-order valence-electron chi connectivity index (χ3n) is 4.99. The first-order chi connectivity index (χ1) is 12.6. The van der Waals surface area contributed by atoms with Crippen LogP contribution in [0.5, 0.6) is 0 Å². The molecule has 140 valence electrons. The molecule has 6 heteroatoms. The summed E-state index contributed by atoms with van der Waals surface area (Å²) in [5.74, 6) is -0.272. The maximum absolute atomic E-state index is 13.3. The van der Waals surface area contributed by atoms with Crippen molar-refractivity contribution in [1.29, 1.82) is 0 Å². The van der Waals surface area contributed by atoms with E-state index in [4.69, 9.17) is 4.84 Å². The van der Waals surface area contributed by atoms with Crippen molar-refractivity contribution in [2.24, 2.45) is 0 Å². The highest BCUT2D eigenvalue weighted by atomic mass is 16.7. The lowest BCUT2D eigenvalue weighted by Crippen LogP contribution is -2.57. The van der Waals surface area contributed by atoms with Gasteiger partial charge in [0.25, 0.3) is 5.91 Å². The molecule has 1 saturated heterocycles. The van der Waals surface area contributed by atoms with Crippen LogP contribution in [-0.2, 0) is 16.1 Å². The number of carbonyl (C=O) groups excluding carboxylic acids is 1. The number of carbonyl (C=O) groups is 2. The van der Waals surface area contributed by atoms with Gasteiger partial charge in [0.1, 0.15) is 12.1 Å². The zero-order valence-corrected chi connectivity index (χ0v) is 15.1. The van der Waals surface area contributed by atoms with E-state index in [-0.39, 0.29) is 18.1 Å². The maximum atomic E-state index is 13.3. The first kappa shape index (κ1) is 18.5. The highest BCUT2D eigenvalue weighted by molar-refractivity contribution is 5.85. The molecule has 2 bridgehead atoms. The molecule has 3 aliphatic rings. The van der Waals surface area contributed by atoms with Crippen molar-refractivity contribution in [2.75, 3.05) is 6.54 Å². The summed E-state index contributed by atoms with van der Waals surface area (Å²) in [6.45, 7) is 2.35. The Morgan fingerprint density at radius 2 is 2.04 bits per heavy atom. The fourth-order valence-corrected chi connectivity index (χ4v) is 3.53. The van der Waals surface area contributed by atoms with Gasteiger partial charge in [0.15, 0.2) is 0 Å². The lowest BCUT2D eigenvalue weighted by atomic mass is 9.96. The Hall–Kier alpha value is -2.34. The van der Waals surface area contributed by atoms with Crippen LogP contribution in [-0.4, -0.2) is 51.8 Å². The fraction of sp³-hybridized carbons (Fsp3) is 0.500. The largest absolute Gasteiger partial charge is 0.465 e. The lowest BCUT2D eigenvalue weighted by Gasteiger charge is -2.42. The minimum atomic E-state index is -1.06. The Kier molecular flexibility index (Phi) is 5.93. The van der Waals surface area contributed by atoms with Crippen molar-refractivity contribution in [2.45, 2.75) is 57.2 Å². The van der Waals surface area contributed by atoms with E-state index in [9.17, 15) is 14.7 Å². The van der Waals surface area contributed by atoms with Crippen LogP contribution in [0.15, 0.2) is 42.5 Å². The Balaban J connectivity index is 1.84. The second kappa shape index (κ2) is 8.36. The van der Waals surface area contributed by atoms with E-state index in [0.717, 1.165) is 31.2 Å². The molecule has 0 spiro atoms. The fourth-order valence-electron chi connectivity index (χ4n) is 3.53. The first-order valence-electron chi connectivity index (χ1n) is 9.31. The van der Waals surface area contributed by atoms with E-state index in [1.54, 1.807) is 0 Å². The number of rotatable bonds is 7. The molecule has 4 rings (SSSR count). The molecule has 2 heterocycles. The summed E-state index contributed by atoms with van der Waals surface area (Å²) in [7, 11) is 0. The van der Waals surface area contributed by atoms with Crippen LogP contribution in [0.2, 0.25) is 0 Å². The Labute approximate surface area is 154 Å². The number of unbranched alkanes of at least 4 members (excludes halogenated alkanes) is 1. The minimum absolute atomic E-state index is 0.0877. The van der Waals surface area contributed by atoms with Crippen molar-refractivity contribution in [3.63, 3.8) is 0 Å². The van der Waals surface area contributed by atoms with E-state index in [1.807, 2.05) is 49.4 Å². The summed E-state index contributed by atoms with van der Waals surface area (Å²) < 4.78 is 0. The minimum Gasteiger partial charge on any atom is -0.465 e. The lowest BCUT2D eigenvalue weighted by molar-refractivity contribution is -0.233. The number of carboxylic acid groups (broad SMARTS) is 1. The van der Waals surface area contributed by atoms with E-state index < -0.39 is 12.1 Å². The van der Waals surface area contributed by atoms with E-state index in [0.29, 0.717) is 13.0 Å². The van der Waals surface area contributed by atoms with Gasteiger partial charge in [-0.25, -0.2) is 9.86 Å². The van der Waals surface area contributed by atoms with Crippen molar-refractivity contribution in [3.8, 4) is 0 Å². The third-order valence-corrected chi connectivity index (χ3v) is 4.99. The number of benzene rings is 1. The normalized spacial score (nSPS) is 22.3. The quantitative estimate of drug-likeness (QED) is 0.760. The van der Waals surface area contributed by atoms with Crippen molar-refractivity contribution in [1.82, 2.24) is 9.96 Å². The molecule has 26 heavy (non-hydrogen) atoms. The van der Waals surface area contributed by atoms with Gasteiger partial charge in [0.2, 0.25) is 0 Å². The standard InChI is InChI=1S/C20H26N2O4/c1-2-3-13-21(20(24)25)18(14-15-7-5-4-6-8-15)19(23)22-16-9-11-17(26-22)12-10-16/h4-9,11,16-18H,2-3,10,12-14H2,1H3,(H,24,25)/t16?,17?,18-/m0/s1. The van der Waals surface area contributed by atoms with Gasteiger partial charge in [-0.2, -0.15) is 0 Å². The van der Waals surface area contributed by atoms with Gasteiger partial charge in [0, 0.05) is 13.0 Å². The predicted molar refractivity (Wildman–Crippen MR) is 97.5 cm³/mol. The van der Waals surface area contributed by atoms with Gasteiger partial charge in [-0.1, -0.05) is 55.8 Å². The van der Waals surface area contributed by atoms with Gasteiger partial charge < -0.3 is 5.11 Å². The Morgan fingerprint density at radius 1 is 1.27 bits per heavy atom. The first-order valence-corrected chi connectivity index (χ1v) is 9.31. The summed E-state index contributed by atoms with van der Waals surface area (Å²) in [5.41, 5.74) is 0.936. The molecule has 1 aromatic carbocycles. The molecule has 2 aliphatic heterocycles. The molecule has 1 aromatic rings. The number of amides is 2. The van der Waals surface area contributed by atoms with E-state index >= 15 is 0 Å². The summed E-state index contributed by atoms with van der Waals surface area (Å²) >= 11 is 0. The molecule has 0 aromatic heterocycles. The van der Waals surface area contributed by atoms with Crippen molar-refractivity contribution < 1.29 is 19.5 Å². The second-order valence-corrected chi connectivity index (χ2v) is 6.87. The average Bonchev–Trinajstić information content (AvgIpc) is 2.68. The molecule has 0 saturated carbocycles. The van der Waals surface area contributed by atoms with E-state index in [2.05, 4.69) is 0 Å². The van der Waals surface area contributed by atoms with Crippen LogP contribution < -0.4 is 0 Å². The second-order valence-electron chi connectivity index (χ2n) is 6.87. The van der Waals surface area contributed by atoms with Gasteiger partial charge in [-0.05, 0) is 24.8 Å². The third kappa shape index (κ3) is 4.07. The molecule has 2 amide bonds. The van der Waals surface area contributed by atoms with Crippen molar-refractivity contribution >= 4 is 12.0 Å². The molecule has 1 fully saturated rings. The predicted octanol–water partition coefficient (Wildman–Crippen LogP) is 3.24. The molecule has 2 unspecified atom stereocenters. The van der Waals surface area contributed by atoms with Crippen LogP contribution in [0.25, 0.3) is 0 Å². The molecule has 0 radical (unpaired) electrons. The smallest absolute Gasteiger partial charge is 0.407 e. The zero-order valence-electron chi connectivity index (χ0n) is 15.1. The summed E-state index contributed by atoms with van der Waals surface area (Å²) in [6.07, 6.45) is 6.50. The maximum Gasteiger partial charge on any atom is 0.407 e. The van der Waals surface area contributed by atoms with Gasteiger partial charge >= 0.3 is 6.09 Å². The molecule has 1 aliphatic carbocycles. The van der Waals surface area contributed by atoms with E-state index in [1.165, 1.54) is 9.96 Å². The number of hydroxylamine groups is 2. The number of hydrogen-bond donors (Lipinski definition) is 1. The Bertz CT molecular complexity index is 661. The monoisotopic (exact) mass is 358 g/mol. The molecule has 1 N–H and O–H groups in total. The molecular formula is C20H26N2O4. The van der Waals surface area contributed by atoms with Crippen LogP contribution in [0.3, 0.4) is 0 Å². The van der Waals surface area contributed by atoms with Crippen LogP contribution in [0, 0.1) is 0 Å². The Morgan fingerprint density at radius 3 is 2.58 bits per heavy atom. The molecule has 6 nitrogen and oxygen atoms in total. The van der Waals surface area contributed by atoms with Crippen LogP contribution in [0.1, 0.15) is 38.2 Å². The number of fused-ring (bicyclic) bond motifs is 2. The average molecular weight is 358 g/mol. The molecular weight excluding hydrogens is 332 g/mol.